The number of aryl methyl sites for hydroxylation is 5. The highest BCUT2D eigenvalue weighted by Gasteiger charge is 2.24. The maximum atomic E-state index is 11.4. The largest absolute Gasteiger partial charge is 0.335 e. The molecule has 5 nitrogen and oxygen atoms in total. The minimum absolute atomic E-state index is 0.259. The van der Waals surface area contributed by atoms with Gasteiger partial charge < -0.3 is 4.90 Å². The molecule has 234 valence electrons. The Kier molecular flexibility index (Phi) is 10.5. The summed E-state index contributed by atoms with van der Waals surface area (Å²) in [5.74, 6) is -0.259. The first-order chi connectivity index (χ1) is 21.5. The maximum absolute atomic E-state index is 11.4. The molecule has 0 aliphatic carbocycles. The van der Waals surface area contributed by atoms with Gasteiger partial charge in [-0.2, -0.15) is 13.0 Å². The van der Waals surface area contributed by atoms with E-state index < -0.39 is 10.1 Å². The van der Waals surface area contributed by atoms with Gasteiger partial charge in [0.15, 0.2) is 6.54 Å². The van der Waals surface area contributed by atoms with E-state index in [9.17, 15) is 13.0 Å². The van der Waals surface area contributed by atoms with E-state index in [1.54, 1.807) is 11.3 Å². The number of nitrogens with zero attached hydrogens (tertiary/aromatic N) is 2. The third-order valence-corrected chi connectivity index (χ3v) is 11.2. The Morgan fingerprint density at radius 3 is 2.40 bits per heavy atom. The molecule has 1 aromatic heterocycles. The highest BCUT2D eigenvalue weighted by Crippen LogP contribution is 2.46. The molecule has 0 fully saturated rings. The molecule has 0 bridgehead atoms. The summed E-state index contributed by atoms with van der Waals surface area (Å²) in [6.45, 7) is 12.2. The summed E-state index contributed by atoms with van der Waals surface area (Å²) in [6.07, 6.45) is 14.0. The van der Waals surface area contributed by atoms with Crippen molar-refractivity contribution in [3.63, 3.8) is 0 Å². The number of thioether (sulfide) groups is 1. The Morgan fingerprint density at radius 2 is 1.67 bits per heavy atom. The lowest BCUT2D eigenvalue weighted by Crippen LogP contribution is -2.36. The summed E-state index contributed by atoms with van der Waals surface area (Å²) in [6, 6.07) is 19.4. The number of rotatable bonds is 11. The van der Waals surface area contributed by atoms with Crippen molar-refractivity contribution in [3.05, 3.63) is 128 Å². The van der Waals surface area contributed by atoms with Gasteiger partial charge in [-0.25, -0.2) is 0 Å². The average molecular weight is 658 g/mol. The van der Waals surface area contributed by atoms with Crippen molar-refractivity contribution in [1.29, 1.82) is 0 Å². The first kappa shape index (κ1) is 32.9. The number of aromatic nitrogens is 1. The molecule has 0 saturated heterocycles. The van der Waals surface area contributed by atoms with Gasteiger partial charge in [-0.3, -0.25) is 4.55 Å². The zero-order valence-electron chi connectivity index (χ0n) is 26.6. The maximum Gasteiger partial charge on any atom is 0.265 e. The summed E-state index contributed by atoms with van der Waals surface area (Å²) in [4.78, 5) is 3.68. The summed E-state index contributed by atoms with van der Waals surface area (Å²) >= 11 is 3.52. The van der Waals surface area contributed by atoms with E-state index in [2.05, 4.69) is 129 Å². The monoisotopic (exact) mass is 657 g/mol. The Balaban J connectivity index is 1.44. The van der Waals surface area contributed by atoms with E-state index in [0.717, 1.165) is 28.2 Å². The minimum atomic E-state index is -4.01. The third kappa shape index (κ3) is 8.24. The van der Waals surface area contributed by atoms with Crippen molar-refractivity contribution in [2.45, 2.75) is 58.9 Å². The SMILES string of the molecule is CCN1/C(=C/C=C/C(=C/C=C/c2sc3cc(C)c(C)cc3[n+]2CCCS(=O)(=O)O)Cc2ccccc2)Sc2cc(C)c(C)cc21. The zero-order valence-corrected chi connectivity index (χ0v) is 29.0. The molecule has 0 atom stereocenters. The van der Waals surface area contributed by atoms with Crippen molar-refractivity contribution in [3.8, 4) is 0 Å². The molecule has 0 amide bonds. The van der Waals surface area contributed by atoms with Crippen LogP contribution in [0.4, 0.5) is 5.69 Å². The molecule has 0 radical (unpaired) electrons. The smallest absolute Gasteiger partial charge is 0.265 e. The molecule has 45 heavy (non-hydrogen) atoms. The number of hydrogen-bond acceptors (Lipinski definition) is 5. The summed E-state index contributed by atoms with van der Waals surface area (Å²) < 4.78 is 35.4. The normalized spacial score (nSPS) is 14.9. The molecule has 0 spiro atoms. The zero-order chi connectivity index (χ0) is 32.1. The summed E-state index contributed by atoms with van der Waals surface area (Å²) in [5.41, 5.74) is 9.83. The van der Waals surface area contributed by atoms with Crippen LogP contribution in [0.25, 0.3) is 16.3 Å². The molecular formula is C37H41N2O3S3+. The van der Waals surface area contributed by atoms with Crippen molar-refractivity contribution in [2.24, 2.45) is 0 Å². The predicted octanol–water partition coefficient (Wildman–Crippen LogP) is 8.91. The van der Waals surface area contributed by atoms with Crippen LogP contribution in [0.2, 0.25) is 0 Å². The van der Waals surface area contributed by atoms with Crippen LogP contribution in [-0.4, -0.2) is 25.3 Å². The van der Waals surface area contributed by atoms with Gasteiger partial charge in [-0.1, -0.05) is 77.7 Å². The predicted molar refractivity (Wildman–Crippen MR) is 192 cm³/mol. The van der Waals surface area contributed by atoms with Gasteiger partial charge >= 0.3 is 0 Å². The number of thiazole rings is 1. The first-order valence-corrected chi connectivity index (χ1v) is 18.5. The first-order valence-electron chi connectivity index (χ1n) is 15.3. The van der Waals surface area contributed by atoms with Crippen LogP contribution < -0.4 is 9.47 Å². The van der Waals surface area contributed by atoms with Gasteiger partial charge in [0.1, 0.15) is 4.70 Å². The molecule has 5 rings (SSSR count). The van der Waals surface area contributed by atoms with Gasteiger partial charge in [0.2, 0.25) is 5.52 Å². The Hall–Kier alpha value is -3.43. The number of hydrogen-bond donors (Lipinski definition) is 1. The highest BCUT2D eigenvalue weighted by atomic mass is 32.2. The Labute approximate surface area is 276 Å². The molecule has 1 aliphatic heterocycles. The average Bonchev–Trinajstić information content (AvgIpc) is 3.49. The standard InChI is InChI=1S/C37H40N2O3S3/c1-6-38-32-21-26(2)28(4)23-34(32)43-36(38)17-10-15-31(25-30-13-8-7-9-14-30)16-11-18-37-39(19-12-20-45(40,41)42)33-22-27(3)29(5)24-35(33)44-37/h7-11,13-18,21-24H,6,12,19-20,25H2,1-5H3/p+1. The molecule has 1 N–H and O–H groups in total. The van der Waals surface area contributed by atoms with E-state index in [1.807, 2.05) is 17.8 Å². The lowest BCUT2D eigenvalue weighted by Gasteiger charge is -2.18. The quantitative estimate of drug-likeness (QED) is 0.0992. The summed E-state index contributed by atoms with van der Waals surface area (Å²) in [7, 11) is -4.01. The van der Waals surface area contributed by atoms with Gasteiger partial charge in [0.05, 0.1) is 16.5 Å². The molecule has 8 heteroatoms. The van der Waals surface area contributed by atoms with Crippen LogP contribution >= 0.6 is 23.1 Å². The fraction of sp³-hybridized carbons (Fsp3) is 0.270. The molecular weight excluding hydrogens is 617 g/mol. The Bertz CT molecular complexity index is 1930. The van der Waals surface area contributed by atoms with Gasteiger partial charge in [0.25, 0.3) is 15.1 Å². The second-order valence-corrected chi connectivity index (χ2v) is 15.2. The van der Waals surface area contributed by atoms with Crippen LogP contribution in [0.3, 0.4) is 0 Å². The van der Waals surface area contributed by atoms with Crippen LogP contribution in [0.15, 0.2) is 100 Å². The van der Waals surface area contributed by atoms with Gasteiger partial charge in [-0.15, -0.1) is 0 Å². The van der Waals surface area contributed by atoms with Crippen LogP contribution in [-0.2, 0) is 23.1 Å². The summed E-state index contributed by atoms with van der Waals surface area (Å²) in [5, 5.41) is 2.26. The molecule has 2 heterocycles. The third-order valence-electron chi connectivity index (χ3n) is 8.14. The van der Waals surface area contributed by atoms with Gasteiger partial charge in [0, 0.05) is 30.0 Å². The van der Waals surface area contributed by atoms with E-state index in [0.29, 0.717) is 13.0 Å². The minimum Gasteiger partial charge on any atom is -0.335 e. The number of benzene rings is 3. The fourth-order valence-electron chi connectivity index (χ4n) is 5.43. The fourth-order valence-corrected chi connectivity index (χ4v) is 8.32. The van der Waals surface area contributed by atoms with Crippen LogP contribution in [0.5, 0.6) is 0 Å². The second-order valence-electron chi connectivity index (χ2n) is 11.5. The second kappa shape index (κ2) is 14.3. The van der Waals surface area contributed by atoms with Crippen molar-refractivity contribution < 1.29 is 17.5 Å². The molecule has 4 aromatic rings. The number of allylic oxidation sites excluding steroid dienone is 6. The van der Waals surface area contributed by atoms with Crippen molar-refractivity contribution in [1.82, 2.24) is 0 Å². The van der Waals surface area contributed by atoms with E-state index in [-0.39, 0.29) is 5.75 Å². The van der Waals surface area contributed by atoms with E-state index in [4.69, 9.17) is 0 Å². The van der Waals surface area contributed by atoms with Crippen LogP contribution in [0.1, 0.15) is 46.2 Å². The molecule has 1 aliphatic rings. The Morgan fingerprint density at radius 1 is 0.956 bits per heavy atom. The lowest BCUT2D eigenvalue weighted by atomic mass is 10.0. The van der Waals surface area contributed by atoms with Gasteiger partial charge in [-0.05, 0) is 98.7 Å². The van der Waals surface area contributed by atoms with E-state index >= 15 is 0 Å². The van der Waals surface area contributed by atoms with Crippen molar-refractivity contribution in [2.75, 3.05) is 17.2 Å². The van der Waals surface area contributed by atoms with E-state index in [1.165, 1.54) is 49.0 Å². The number of fused-ring (bicyclic) bond motifs is 2. The van der Waals surface area contributed by atoms with Crippen LogP contribution in [0, 0.1) is 27.7 Å². The highest BCUT2D eigenvalue weighted by molar-refractivity contribution is 8.03. The topological polar surface area (TPSA) is 61.5 Å². The molecule has 3 aromatic carbocycles. The lowest BCUT2D eigenvalue weighted by molar-refractivity contribution is -0.668. The molecule has 0 saturated carbocycles. The number of anilines is 1. The van der Waals surface area contributed by atoms with Crippen molar-refractivity contribution >= 4 is 55.2 Å². The molecule has 0 unspecified atom stereocenters.